The molecular formula is C25H30N6O5. The molecule has 3 rings (SSSR count). The lowest BCUT2D eigenvalue weighted by atomic mass is 10.1. The van der Waals surface area contributed by atoms with Crippen LogP contribution in [0.15, 0.2) is 40.6 Å². The van der Waals surface area contributed by atoms with Gasteiger partial charge < -0.3 is 29.9 Å². The van der Waals surface area contributed by atoms with Gasteiger partial charge in [-0.1, -0.05) is 0 Å². The molecule has 3 N–H and O–H groups in total. The van der Waals surface area contributed by atoms with Crippen molar-refractivity contribution >= 4 is 39.4 Å². The van der Waals surface area contributed by atoms with E-state index in [0.717, 1.165) is 5.69 Å². The second-order valence-corrected chi connectivity index (χ2v) is 7.97. The molecule has 1 aromatic heterocycles. The summed E-state index contributed by atoms with van der Waals surface area (Å²) in [6.07, 6.45) is 0. The highest BCUT2D eigenvalue weighted by molar-refractivity contribution is 5.96. The fraction of sp³-hybridized carbons (Fsp3) is 0.360. The molecule has 0 spiro atoms. The van der Waals surface area contributed by atoms with Crippen LogP contribution in [-0.4, -0.2) is 61.2 Å². The second kappa shape index (κ2) is 12.0. The number of benzene rings is 2. The van der Waals surface area contributed by atoms with E-state index in [1.165, 1.54) is 23.6 Å². The Morgan fingerprint density at radius 3 is 2.22 bits per heavy atom. The monoisotopic (exact) mass is 494 g/mol. The highest BCUT2D eigenvalue weighted by Gasteiger charge is 2.18. The summed E-state index contributed by atoms with van der Waals surface area (Å²) in [4.78, 5) is 13.9. The zero-order chi connectivity index (χ0) is 26.2. The van der Waals surface area contributed by atoms with Crippen LogP contribution in [0.25, 0.3) is 10.8 Å². The molecule has 0 aliphatic heterocycles. The summed E-state index contributed by atoms with van der Waals surface area (Å²) in [6.45, 7) is 5.81. The van der Waals surface area contributed by atoms with E-state index in [0.29, 0.717) is 55.0 Å². The van der Waals surface area contributed by atoms with Gasteiger partial charge in [0.1, 0.15) is 17.4 Å². The maximum absolute atomic E-state index is 11.9. The van der Waals surface area contributed by atoms with Gasteiger partial charge in [0.25, 0.3) is 0 Å². The van der Waals surface area contributed by atoms with Gasteiger partial charge in [0.05, 0.1) is 24.5 Å². The van der Waals surface area contributed by atoms with Gasteiger partial charge >= 0.3 is 0 Å². The van der Waals surface area contributed by atoms with Crippen molar-refractivity contribution in [3.8, 4) is 17.8 Å². The Morgan fingerprint density at radius 1 is 1.06 bits per heavy atom. The molecule has 0 saturated heterocycles. The first-order chi connectivity index (χ1) is 17.3. The predicted molar refractivity (Wildman–Crippen MR) is 137 cm³/mol. The molecule has 0 unspecified atom stereocenters. The lowest BCUT2D eigenvalue weighted by molar-refractivity contribution is -0.114. The third kappa shape index (κ3) is 5.73. The number of hydrogen-bond donors (Lipinski definition) is 3. The van der Waals surface area contributed by atoms with Gasteiger partial charge in [-0.15, -0.1) is 10.2 Å². The summed E-state index contributed by atoms with van der Waals surface area (Å²) in [5, 5.41) is 42.5. The van der Waals surface area contributed by atoms with Crippen LogP contribution in [0.3, 0.4) is 0 Å². The molecule has 1 heterocycles. The number of amides is 1. The van der Waals surface area contributed by atoms with Gasteiger partial charge in [0, 0.05) is 57.2 Å². The number of aromatic hydroxyl groups is 2. The van der Waals surface area contributed by atoms with Crippen LogP contribution in [0.5, 0.6) is 11.8 Å². The predicted octanol–water partition coefficient (Wildman–Crippen LogP) is 4.42. The average Bonchev–Trinajstić information content (AvgIpc) is 3.10. The van der Waals surface area contributed by atoms with Gasteiger partial charge in [-0.05, 0) is 37.3 Å². The zero-order valence-corrected chi connectivity index (χ0v) is 20.8. The zero-order valence-electron chi connectivity index (χ0n) is 20.8. The Morgan fingerprint density at radius 2 is 1.67 bits per heavy atom. The average molecular weight is 495 g/mol. The molecule has 0 saturated carbocycles. The van der Waals surface area contributed by atoms with E-state index >= 15 is 0 Å². The highest BCUT2D eigenvalue weighted by Crippen LogP contribution is 2.40. The third-order valence-corrected chi connectivity index (χ3v) is 5.62. The van der Waals surface area contributed by atoms with Gasteiger partial charge in [0.15, 0.2) is 0 Å². The maximum Gasteiger partial charge on any atom is 0.221 e. The third-order valence-electron chi connectivity index (χ3n) is 5.62. The Hall–Kier alpha value is -4.14. The SMILES string of the molecule is CCn1c(O)c2cc(C#N)c(N=Nc3ccc(N(CCOC)CCOC)cc3NC(C)=O)cc2c1O. The summed E-state index contributed by atoms with van der Waals surface area (Å²) in [5.41, 5.74) is 2.06. The fourth-order valence-electron chi connectivity index (χ4n) is 3.80. The van der Waals surface area contributed by atoms with Crippen molar-refractivity contribution in [2.75, 3.05) is 50.7 Å². The lowest BCUT2D eigenvalue weighted by Gasteiger charge is -2.25. The van der Waals surface area contributed by atoms with Crippen molar-refractivity contribution in [2.24, 2.45) is 10.2 Å². The molecule has 1 amide bonds. The van der Waals surface area contributed by atoms with Crippen LogP contribution in [0.2, 0.25) is 0 Å². The van der Waals surface area contributed by atoms with E-state index in [4.69, 9.17) is 9.47 Å². The lowest BCUT2D eigenvalue weighted by Crippen LogP contribution is -2.30. The number of fused-ring (bicyclic) bond motifs is 1. The molecule has 0 fully saturated rings. The number of carbonyl (C=O) groups excluding carboxylic acids is 1. The summed E-state index contributed by atoms with van der Waals surface area (Å²) in [5.74, 6) is -0.522. The number of azo groups is 1. The number of carbonyl (C=O) groups is 1. The highest BCUT2D eigenvalue weighted by atomic mass is 16.5. The van der Waals surface area contributed by atoms with Crippen LogP contribution in [0.4, 0.5) is 22.7 Å². The topological polar surface area (TPSA) is 145 Å². The molecule has 0 bridgehead atoms. The van der Waals surface area contributed by atoms with Crippen molar-refractivity contribution in [3.63, 3.8) is 0 Å². The quantitative estimate of drug-likeness (QED) is 0.335. The number of hydrogen-bond acceptors (Lipinski definition) is 9. The van der Waals surface area contributed by atoms with Crippen LogP contribution in [0, 0.1) is 11.3 Å². The minimum Gasteiger partial charge on any atom is -0.494 e. The first-order valence-corrected chi connectivity index (χ1v) is 11.4. The van der Waals surface area contributed by atoms with Crippen LogP contribution in [0.1, 0.15) is 19.4 Å². The van der Waals surface area contributed by atoms with E-state index in [1.54, 1.807) is 33.3 Å². The molecule has 3 aromatic rings. The number of nitriles is 1. The Balaban J connectivity index is 2.03. The molecule has 0 aliphatic carbocycles. The second-order valence-electron chi connectivity index (χ2n) is 7.97. The molecule has 36 heavy (non-hydrogen) atoms. The van der Waals surface area contributed by atoms with Crippen molar-refractivity contribution < 1.29 is 24.5 Å². The summed E-state index contributed by atoms with van der Waals surface area (Å²) >= 11 is 0. The molecule has 2 aromatic carbocycles. The number of nitrogens with one attached hydrogen (secondary N) is 1. The normalized spacial score (nSPS) is 11.2. The van der Waals surface area contributed by atoms with E-state index < -0.39 is 0 Å². The van der Waals surface area contributed by atoms with Crippen LogP contribution >= 0.6 is 0 Å². The number of methoxy groups -OCH3 is 2. The number of aromatic nitrogens is 1. The van der Waals surface area contributed by atoms with Crippen molar-refractivity contribution in [1.29, 1.82) is 5.26 Å². The molecule has 190 valence electrons. The Bertz CT molecular complexity index is 1300. The van der Waals surface area contributed by atoms with E-state index in [-0.39, 0.29) is 28.9 Å². The minimum atomic E-state index is -0.274. The molecule has 0 aliphatic rings. The van der Waals surface area contributed by atoms with Crippen molar-refractivity contribution in [3.05, 3.63) is 35.9 Å². The van der Waals surface area contributed by atoms with Gasteiger partial charge in [-0.3, -0.25) is 9.36 Å². The molecule has 11 heteroatoms. The van der Waals surface area contributed by atoms with Crippen LogP contribution < -0.4 is 10.2 Å². The smallest absolute Gasteiger partial charge is 0.221 e. The van der Waals surface area contributed by atoms with Gasteiger partial charge in [-0.2, -0.15) is 5.26 Å². The standard InChI is InChI=1S/C25H30N6O5/c1-5-31-24(33)19-12-17(15-26)22(14-20(19)25(31)34)29-28-21-7-6-18(13-23(21)27-16(2)32)30(8-10-35-3)9-11-36-4/h6-7,12-14,33-34H,5,8-11H2,1-4H3,(H,27,32). The van der Waals surface area contributed by atoms with E-state index in [9.17, 15) is 20.3 Å². The van der Waals surface area contributed by atoms with Crippen molar-refractivity contribution in [2.45, 2.75) is 20.4 Å². The maximum atomic E-state index is 11.9. The van der Waals surface area contributed by atoms with Gasteiger partial charge in [-0.25, -0.2) is 0 Å². The van der Waals surface area contributed by atoms with E-state index in [2.05, 4.69) is 26.5 Å². The first kappa shape index (κ1) is 26.5. The number of anilines is 2. The molecule has 11 nitrogen and oxygen atoms in total. The summed E-state index contributed by atoms with van der Waals surface area (Å²) < 4.78 is 11.8. The fourth-order valence-corrected chi connectivity index (χ4v) is 3.80. The number of nitrogens with zero attached hydrogens (tertiary/aromatic N) is 5. The van der Waals surface area contributed by atoms with Gasteiger partial charge in [0.2, 0.25) is 17.7 Å². The number of rotatable bonds is 11. The number of ether oxygens (including phenoxy) is 2. The van der Waals surface area contributed by atoms with E-state index in [1.807, 2.05) is 6.07 Å². The summed E-state index contributed by atoms with van der Waals surface area (Å²) in [7, 11) is 3.26. The van der Waals surface area contributed by atoms with Crippen molar-refractivity contribution in [1.82, 2.24) is 4.57 Å². The Labute approximate surface area is 209 Å². The minimum absolute atomic E-state index is 0.124. The summed E-state index contributed by atoms with van der Waals surface area (Å²) in [6, 6.07) is 10.4. The Kier molecular flexibility index (Phi) is 8.83. The molecule has 0 radical (unpaired) electrons. The van der Waals surface area contributed by atoms with Crippen LogP contribution in [-0.2, 0) is 20.8 Å². The molecule has 0 atom stereocenters. The molecular weight excluding hydrogens is 464 g/mol. The largest absolute Gasteiger partial charge is 0.494 e. The first-order valence-electron chi connectivity index (χ1n) is 11.4.